The molecule has 3 unspecified atom stereocenters. The highest BCUT2D eigenvalue weighted by atomic mass is 127. The summed E-state index contributed by atoms with van der Waals surface area (Å²) in [6, 6.07) is 72.6. The predicted octanol–water partition coefficient (Wildman–Crippen LogP) is 23.3. The molecule has 6 aliphatic carbocycles. The maximum atomic E-state index is 13.5. The molecule has 13 nitrogen and oxygen atoms in total. The second-order valence-corrected chi connectivity index (χ2v) is 47.9. The Hall–Kier alpha value is -7.84. The number of benzene rings is 10. The summed E-state index contributed by atoms with van der Waals surface area (Å²) in [4.78, 5) is 7.83. The van der Waals surface area contributed by atoms with E-state index in [1.165, 1.54) is 197 Å². The molecule has 10 aromatic rings. The van der Waals surface area contributed by atoms with E-state index in [-0.39, 0.29) is 49.8 Å². The third kappa shape index (κ3) is 26.5. The molecule has 2 bridgehead atoms. The van der Waals surface area contributed by atoms with Crippen LogP contribution in [0.1, 0.15) is 240 Å². The first kappa shape index (κ1) is 105. The highest BCUT2D eigenvalue weighted by Gasteiger charge is 2.68. The van der Waals surface area contributed by atoms with Crippen molar-refractivity contribution < 1.29 is 114 Å². The summed E-state index contributed by atoms with van der Waals surface area (Å²) < 4.78 is 239. The zero-order valence-corrected chi connectivity index (χ0v) is 82.0. The van der Waals surface area contributed by atoms with Crippen LogP contribution in [0.3, 0.4) is 0 Å². The summed E-state index contributed by atoms with van der Waals surface area (Å²) in [5.41, 5.74) is 13.0. The Balaban J connectivity index is 0.000000151. The molecule has 132 heavy (non-hydrogen) atoms. The van der Waals surface area contributed by atoms with Gasteiger partial charge in [-0.15, -0.1) is 4.79 Å². The van der Waals surface area contributed by atoms with Crippen LogP contribution >= 0.6 is 0 Å². The third-order valence-corrected chi connectivity index (χ3v) is 38.0. The first-order chi connectivity index (χ1) is 62.9. The van der Waals surface area contributed by atoms with Gasteiger partial charge in [0.25, 0.3) is 42.3 Å². The monoisotopic (exact) mass is 2050 g/mol. The quantitative estimate of drug-likeness (QED) is 0.00749. The Morgan fingerprint density at radius 2 is 0.886 bits per heavy atom. The van der Waals surface area contributed by atoms with Gasteiger partial charge in [-0.05, 0) is 251 Å². The molecule has 6 saturated carbocycles. The van der Waals surface area contributed by atoms with Crippen LogP contribution in [0, 0.1) is 63.3 Å². The number of ether oxygens (including phenoxy) is 1. The number of hydrogen-bond donors (Lipinski definition) is 0. The Labute approximate surface area is 792 Å². The van der Waals surface area contributed by atoms with Gasteiger partial charge >= 0.3 is 15.6 Å². The molecule has 1 heterocycles. The molecule has 7 aliphatic rings. The Morgan fingerprint density at radius 1 is 0.485 bits per heavy atom. The van der Waals surface area contributed by atoms with Crippen molar-refractivity contribution in [1.29, 1.82) is 0 Å². The molecule has 29 heteroatoms. The van der Waals surface area contributed by atoms with Crippen molar-refractivity contribution >= 4 is 76.8 Å². The topological polar surface area (TPSA) is 228 Å². The van der Waals surface area contributed by atoms with Gasteiger partial charge in [0, 0.05) is 33.1 Å². The van der Waals surface area contributed by atoms with E-state index in [9.17, 15) is 82.3 Å². The van der Waals surface area contributed by atoms with Gasteiger partial charge in [0.15, 0.2) is 56.5 Å². The molecule has 1 aliphatic heterocycles. The maximum Gasteiger partial charge on any atom is 0.504 e. The van der Waals surface area contributed by atoms with Gasteiger partial charge in [-0.1, -0.05) is 238 Å². The van der Waals surface area contributed by atoms with Crippen molar-refractivity contribution in [3.63, 3.8) is 0 Å². The lowest BCUT2D eigenvalue weighted by molar-refractivity contribution is -0.328. The summed E-state index contributed by atoms with van der Waals surface area (Å²) in [5.74, 6) is -11.0. The van der Waals surface area contributed by atoms with Gasteiger partial charge in [-0.3, -0.25) is 0 Å². The summed E-state index contributed by atoms with van der Waals surface area (Å²) in [5, 5.41) is -2.77. The van der Waals surface area contributed by atoms with Crippen molar-refractivity contribution in [2.75, 3.05) is 18.1 Å². The molecule has 17 rings (SSSR count). The highest BCUT2D eigenvalue weighted by molar-refractivity contribution is 8.31. The van der Waals surface area contributed by atoms with E-state index in [2.05, 4.69) is 212 Å². The fraction of sp³-hybridized carbons (Fsp3) is 0.427. The molecular weight excluding hydrogens is 1930 g/mol. The Kier molecular flexibility index (Phi) is 37.9. The molecule has 7 fully saturated rings. The number of sulfone groups is 2. The fourth-order valence-corrected chi connectivity index (χ4v) is 28.7. The van der Waals surface area contributed by atoms with E-state index in [1.54, 1.807) is 17.0 Å². The molecule has 3 atom stereocenters. The largest absolute Gasteiger partial charge is 0.744 e. The van der Waals surface area contributed by atoms with Crippen LogP contribution < -0.4 is 27.3 Å². The zero-order chi connectivity index (χ0) is 95.2. The third-order valence-electron chi connectivity index (χ3n) is 26.4. The van der Waals surface area contributed by atoms with Crippen LogP contribution in [-0.2, 0) is 67.1 Å². The summed E-state index contributed by atoms with van der Waals surface area (Å²) >= 11 is 2.06. The van der Waals surface area contributed by atoms with Crippen LogP contribution in [0.4, 0.5) is 39.5 Å². The molecule has 0 amide bonds. The average Bonchev–Trinajstić information content (AvgIpc) is 1.51. The predicted molar refractivity (Wildman–Crippen MR) is 499 cm³/mol. The van der Waals surface area contributed by atoms with E-state index < -0.39 is 102 Å². The first-order valence-electron chi connectivity index (χ1n) is 45.5. The van der Waals surface area contributed by atoms with Gasteiger partial charge in [0.2, 0.25) is 5.82 Å². The van der Waals surface area contributed by atoms with E-state index in [0.29, 0.717) is 41.5 Å². The number of hydrogen-bond acceptors (Lipinski definition) is 11. The van der Waals surface area contributed by atoms with Crippen molar-refractivity contribution in [3.8, 4) is 5.75 Å². The van der Waals surface area contributed by atoms with E-state index in [0.717, 1.165) is 87.7 Å². The van der Waals surface area contributed by atoms with Crippen molar-refractivity contribution in [3.05, 3.63) is 290 Å². The van der Waals surface area contributed by atoms with Crippen molar-refractivity contribution in [2.45, 2.75) is 270 Å². The molecule has 0 spiro atoms. The average molecular weight is 2050 g/mol. The Morgan fingerprint density at radius 3 is 1.28 bits per heavy atom. The smallest absolute Gasteiger partial charge is 0.504 e. The molecule has 710 valence electrons. The summed E-state index contributed by atoms with van der Waals surface area (Å²) in [6.45, 7) is 8.53. The lowest BCUT2D eigenvalue weighted by atomic mass is 9.76. The van der Waals surface area contributed by atoms with Crippen LogP contribution in [0.5, 0.6) is 5.75 Å². The lowest BCUT2D eigenvalue weighted by Crippen LogP contribution is -3.34. The van der Waals surface area contributed by atoms with Crippen LogP contribution in [0.25, 0.3) is 16.3 Å². The van der Waals surface area contributed by atoms with E-state index >= 15 is 0 Å². The van der Waals surface area contributed by atoms with Gasteiger partial charge in [-0.2, -0.15) is 17.6 Å². The molecule has 10 aromatic carbocycles. The Bertz CT molecular complexity index is 5660. The van der Waals surface area contributed by atoms with Crippen molar-refractivity contribution in [2.24, 2.45) is 23.7 Å². The van der Waals surface area contributed by atoms with Crippen molar-refractivity contribution in [1.82, 2.24) is 0 Å². The van der Waals surface area contributed by atoms with Gasteiger partial charge in [-0.25, -0.2) is 55.6 Å². The number of halogens is 10. The second-order valence-electron chi connectivity index (χ2n) is 35.6. The van der Waals surface area contributed by atoms with Gasteiger partial charge in [0.1, 0.15) is 27.4 Å². The number of alkyl halides is 4. The van der Waals surface area contributed by atoms with Crippen LogP contribution in [0.15, 0.2) is 259 Å². The maximum absolute atomic E-state index is 13.5. The fourth-order valence-electron chi connectivity index (χ4n) is 18.8. The molecule has 1 saturated heterocycles. The molecule has 0 aromatic heterocycles. The normalized spacial score (nSPS) is 18.4. The molecule has 0 radical (unpaired) electrons. The minimum absolute atomic E-state index is 0.0146. The highest BCUT2D eigenvalue weighted by Crippen LogP contribution is 2.58. The lowest BCUT2D eigenvalue weighted by Gasteiger charge is -2.36. The SMILES string of the molecule is CCC(C)(C)c1ccc([IH+])cc1.Cc1c(F)c(F)c(F)c(F)c1F.O=S(=O)([O-])C(F)(F)C(F)(F)C1CC2CCC1C2.O=S(=O)([O-])c1c(C2CCCCC2)cc(C2CCCCC2)cc1C1CCCCC1.[N-]=[N+]=C(S(=O)(=O)c1ccccc1)S(=O)(=O)c1ccccc1.c1ccc([S+](c2ccccc2)c2ccccc2)cc1.c1ccc2c([S+]3CCCC3)ccc(OCC3CCCCC3)c2c1. The number of nitrogens with zero attached hydrogens (tertiary/aromatic N) is 2. The second kappa shape index (κ2) is 47.8. The van der Waals surface area contributed by atoms with Gasteiger partial charge in [0.05, 0.1) is 32.2 Å². The molecule has 0 N–H and O–H groups in total. The molecular formula is C103H117F9IN2O11S6+. The minimum Gasteiger partial charge on any atom is -0.744 e. The summed E-state index contributed by atoms with van der Waals surface area (Å²) in [6.07, 6.45) is 29.7. The van der Waals surface area contributed by atoms with Crippen LogP contribution in [0.2, 0.25) is 0 Å². The minimum atomic E-state index is -6.35. The number of fused-ring (bicyclic) bond motifs is 3. The van der Waals surface area contributed by atoms with Crippen LogP contribution in [-0.4, -0.2) is 81.2 Å². The number of rotatable bonds is 18. The van der Waals surface area contributed by atoms with E-state index in [1.807, 2.05) is 0 Å². The standard InChI is InChI=1S/C24H36O3S.C21H27OS.C18H15S.C13H10N2O4S2.C11H16I.C9H12F4O3S.C7H3F5/c25-28(26,27)24-22(19-12-6-2-7-13-19)16-21(18-10-4-1-5-11-18)17-23(24)20-14-8-3-9-15-20;1-2-8-17(9-3-1)16-22-20-12-13-21(23-14-6-7-15-23)19-11-5-4-10-18(19)20;1-4-10-16(11-5-1)19(17-12-6-2-7-13-17)18-14-8-3-9-15-18;14-15-13(20(16,17)11-7-3-1-4-8-11)21(18,19)12-9-5-2-6-10-12;1-4-11(2,3)9-5-7-10(12)8-6-9;10-8(11,9(12,13)17(14,15)16)7-4-5-1-2-6(7)3-5;1-2-3(8)5(10)7(12)6(11)4(2)9/h16-20H,1-15H2,(H,25,26,27);4-5,10-13,17H,1-3,6-9,14-16H2;1-15H;1-10H;5-8,12H,4H2,1-3H3;5-7H,1-4H2,(H,14,15,16);1H3/q;2*+1;;+1;;/p-2. The summed E-state index contributed by atoms with van der Waals surface area (Å²) in [7, 11) is -19.2. The van der Waals surface area contributed by atoms with E-state index in [4.69, 9.17) is 10.3 Å². The zero-order valence-electron chi connectivity index (χ0n) is 74.8. The first-order valence-corrected chi connectivity index (χ1v) is 55.3. The van der Waals surface area contributed by atoms with Gasteiger partial charge < -0.3 is 19.4 Å².